The third-order valence-electron chi connectivity index (χ3n) is 2.32. The highest BCUT2D eigenvalue weighted by Crippen LogP contribution is 2.32. The Hall–Kier alpha value is -0.690. The minimum atomic E-state index is -0.704. The van der Waals surface area contributed by atoms with Crippen LogP contribution in [0.2, 0.25) is 0 Å². The fourth-order valence-electron chi connectivity index (χ4n) is 1.48. The van der Waals surface area contributed by atoms with Gasteiger partial charge in [0.15, 0.2) is 0 Å². The van der Waals surface area contributed by atoms with Gasteiger partial charge in [-0.3, -0.25) is 0 Å². The number of thioether (sulfide) groups is 1. The first-order valence-corrected chi connectivity index (χ1v) is 7.12. The normalized spacial score (nSPS) is 13.2. The molecule has 0 aliphatic heterocycles. The summed E-state index contributed by atoms with van der Waals surface area (Å²) < 4.78 is 0. The predicted molar refractivity (Wildman–Crippen MR) is 70.7 cm³/mol. The van der Waals surface area contributed by atoms with Crippen LogP contribution in [0.15, 0.2) is 10.4 Å². The average molecular weight is 270 g/mol. The fraction of sp³-hybridized carbons (Fsp3) is 0.455. The van der Waals surface area contributed by atoms with Gasteiger partial charge in [-0.05, 0) is 24.8 Å². The first kappa shape index (κ1) is 12.8. The highest BCUT2D eigenvalue weighted by molar-refractivity contribution is 7.99. The Morgan fingerprint density at radius 2 is 2.18 bits per heavy atom. The smallest absolute Gasteiger partial charge is 0.128 e. The van der Waals surface area contributed by atoms with E-state index < -0.39 is 6.10 Å². The van der Waals surface area contributed by atoms with Crippen LogP contribution in [0.25, 0.3) is 10.2 Å². The second-order valence-corrected chi connectivity index (χ2v) is 5.69. The molecule has 0 amide bonds. The molecule has 0 bridgehead atoms. The Morgan fingerprint density at radius 3 is 2.88 bits per heavy atom. The van der Waals surface area contributed by atoms with Gasteiger partial charge in [0.25, 0.3) is 0 Å². The first-order valence-electron chi connectivity index (χ1n) is 5.26. The van der Waals surface area contributed by atoms with Gasteiger partial charge in [-0.2, -0.15) is 0 Å². The molecule has 0 aliphatic rings. The van der Waals surface area contributed by atoms with Gasteiger partial charge >= 0.3 is 0 Å². The molecule has 92 valence electrons. The molecule has 0 fully saturated rings. The molecule has 6 heteroatoms. The van der Waals surface area contributed by atoms with Crippen molar-refractivity contribution in [3.63, 3.8) is 0 Å². The summed E-state index contributed by atoms with van der Waals surface area (Å²) in [5, 5.41) is 22.2. The lowest BCUT2D eigenvalue weighted by molar-refractivity contribution is 0.113. The summed E-state index contributed by atoms with van der Waals surface area (Å²) in [5.41, 5.74) is 1.16. The van der Waals surface area contributed by atoms with E-state index in [2.05, 4.69) is 15.3 Å². The Bertz CT molecular complexity index is 527. The number of thiophene rings is 1. The summed E-state index contributed by atoms with van der Waals surface area (Å²) in [6.07, 6.45) is -0.704. The molecule has 2 aromatic rings. The number of aryl methyl sites for hydroxylation is 2. The maximum Gasteiger partial charge on any atom is 0.128 e. The molecule has 1 unspecified atom stereocenters. The largest absolute Gasteiger partial charge is 0.394 e. The van der Waals surface area contributed by atoms with Gasteiger partial charge in [0.2, 0.25) is 0 Å². The first-order chi connectivity index (χ1) is 8.11. The summed E-state index contributed by atoms with van der Waals surface area (Å²) >= 11 is 3.07. The third-order valence-corrected chi connectivity index (χ3v) is 4.43. The van der Waals surface area contributed by atoms with Crippen LogP contribution in [-0.4, -0.2) is 38.6 Å². The summed E-state index contributed by atoms with van der Waals surface area (Å²) in [4.78, 5) is 9.78. The zero-order valence-electron chi connectivity index (χ0n) is 9.67. The molecular weight excluding hydrogens is 256 g/mol. The van der Waals surface area contributed by atoms with Crippen LogP contribution in [0, 0.1) is 13.8 Å². The molecule has 0 spiro atoms. The van der Waals surface area contributed by atoms with E-state index in [-0.39, 0.29) is 6.61 Å². The molecule has 1 atom stereocenters. The number of aliphatic hydroxyl groups is 2. The molecule has 17 heavy (non-hydrogen) atoms. The van der Waals surface area contributed by atoms with Crippen molar-refractivity contribution in [3.05, 3.63) is 16.8 Å². The highest BCUT2D eigenvalue weighted by Gasteiger charge is 2.12. The number of nitrogens with zero attached hydrogens (tertiary/aromatic N) is 2. The number of aliphatic hydroxyl groups excluding tert-OH is 2. The predicted octanol–water partition coefficient (Wildman–Crippen LogP) is 1.75. The van der Waals surface area contributed by atoms with E-state index in [1.54, 1.807) is 11.3 Å². The van der Waals surface area contributed by atoms with Crippen LogP contribution in [0.5, 0.6) is 0 Å². The maximum absolute atomic E-state index is 9.37. The topological polar surface area (TPSA) is 66.2 Å². The minimum absolute atomic E-state index is 0.219. The highest BCUT2D eigenvalue weighted by atomic mass is 32.2. The van der Waals surface area contributed by atoms with Crippen LogP contribution in [-0.2, 0) is 0 Å². The van der Waals surface area contributed by atoms with Crippen LogP contribution in [0.1, 0.15) is 11.4 Å². The molecule has 0 saturated carbocycles. The van der Waals surface area contributed by atoms with E-state index in [4.69, 9.17) is 5.11 Å². The van der Waals surface area contributed by atoms with E-state index in [1.165, 1.54) is 11.8 Å². The van der Waals surface area contributed by atoms with Crippen LogP contribution >= 0.6 is 23.1 Å². The van der Waals surface area contributed by atoms with Crippen molar-refractivity contribution in [2.24, 2.45) is 0 Å². The van der Waals surface area contributed by atoms with Gasteiger partial charge in [0, 0.05) is 11.1 Å². The molecule has 2 N–H and O–H groups in total. The zero-order chi connectivity index (χ0) is 12.4. The van der Waals surface area contributed by atoms with Crippen molar-refractivity contribution in [1.29, 1.82) is 0 Å². The molecular formula is C11H14N2O2S2. The molecule has 4 nitrogen and oxygen atoms in total. The number of hydrogen-bond acceptors (Lipinski definition) is 6. The van der Waals surface area contributed by atoms with Crippen molar-refractivity contribution in [2.45, 2.75) is 25.0 Å². The lowest BCUT2D eigenvalue weighted by Crippen LogP contribution is -2.14. The second-order valence-electron chi connectivity index (χ2n) is 3.82. The van der Waals surface area contributed by atoms with Crippen LogP contribution < -0.4 is 0 Å². The monoisotopic (exact) mass is 270 g/mol. The average Bonchev–Trinajstić information content (AvgIpc) is 2.67. The van der Waals surface area contributed by atoms with Crippen molar-refractivity contribution in [3.8, 4) is 0 Å². The summed E-state index contributed by atoms with van der Waals surface area (Å²) in [5.74, 6) is 1.18. The maximum atomic E-state index is 9.37. The van der Waals surface area contributed by atoms with Crippen LogP contribution in [0.3, 0.4) is 0 Å². The molecule has 0 aliphatic carbocycles. The minimum Gasteiger partial charge on any atom is -0.394 e. The number of rotatable bonds is 4. The third kappa shape index (κ3) is 2.77. The molecule has 2 heterocycles. The van der Waals surface area contributed by atoms with Gasteiger partial charge in [-0.1, -0.05) is 0 Å². The Balaban J connectivity index is 2.34. The van der Waals surface area contributed by atoms with E-state index >= 15 is 0 Å². The lowest BCUT2D eigenvalue weighted by Gasteiger charge is -2.07. The van der Waals surface area contributed by atoms with Gasteiger partial charge < -0.3 is 10.2 Å². The molecule has 0 radical (unpaired) electrons. The van der Waals surface area contributed by atoms with Crippen molar-refractivity contribution >= 4 is 33.3 Å². The molecule has 0 saturated heterocycles. The van der Waals surface area contributed by atoms with Gasteiger partial charge in [-0.25, -0.2) is 9.97 Å². The zero-order valence-corrected chi connectivity index (χ0v) is 11.3. The Morgan fingerprint density at radius 1 is 1.41 bits per heavy atom. The molecule has 2 rings (SSSR count). The Labute approximate surface area is 108 Å². The number of hydrogen-bond donors (Lipinski definition) is 2. The van der Waals surface area contributed by atoms with E-state index in [9.17, 15) is 5.11 Å². The van der Waals surface area contributed by atoms with Gasteiger partial charge in [-0.15, -0.1) is 23.1 Å². The summed E-state index contributed by atoms with van der Waals surface area (Å²) in [6, 6.07) is 0. The number of aromatic nitrogens is 2. The summed E-state index contributed by atoms with van der Waals surface area (Å²) in [6.45, 7) is 3.67. The second kappa shape index (κ2) is 5.30. The standard InChI is InChI=1S/C11H14N2O2S2/c1-6-4-16-10-9(6)11(13-7(2)12-10)17-5-8(15)3-14/h4,8,14-15H,3,5H2,1-2H3. The van der Waals surface area contributed by atoms with Crippen molar-refractivity contribution in [2.75, 3.05) is 12.4 Å². The lowest BCUT2D eigenvalue weighted by atomic mass is 10.3. The van der Waals surface area contributed by atoms with E-state index in [0.29, 0.717) is 5.75 Å². The van der Waals surface area contributed by atoms with Gasteiger partial charge in [0.05, 0.1) is 12.7 Å². The molecule has 0 aromatic carbocycles. The number of fused-ring (bicyclic) bond motifs is 1. The van der Waals surface area contributed by atoms with Gasteiger partial charge in [0.1, 0.15) is 15.7 Å². The van der Waals surface area contributed by atoms with E-state index in [0.717, 1.165) is 26.6 Å². The summed E-state index contributed by atoms with van der Waals surface area (Å²) in [7, 11) is 0. The van der Waals surface area contributed by atoms with Crippen molar-refractivity contribution in [1.82, 2.24) is 9.97 Å². The van der Waals surface area contributed by atoms with E-state index in [1.807, 2.05) is 13.8 Å². The van der Waals surface area contributed by atoms with Crippen LogP contribution in [0.4, 0.5) is 0 Å². The SMILES string of the molecule is Cc1nc(SCC(O)CO)c2c(C)csc2n1. The quantitative estimate of drug-likeness (QED) is 0.654. The fourth-order valence-corrected chi connectivity index (χ4v) is 3.57. The molecule has 2 aromatic heterocycles. The Kier molecular flexibility index (Phi) is 3.98. The van der Waals surface area contributed by atoms with Crippen molar-refractivity contribution < 1.29 is 10.2 Å².